The molecule has 1 aromatic rings. The normalized spacial score (nSPS) is 10.4. The number of hydrogen-bond acceptors (Lipinski definition) is 2. The van der Waals surface area contributed by atoms with Gasteiger partial charge in [0.25, 0.3) is 0 Å². The van der Waals surface area contributed by atoms with Gasteiger partial charge in [0.15, 0.2) is 0 Å². The third kappa shape index (κ3) is 6.79. The second-order valence-corrected chi connectivity index (χ2v) is 5.37. The SMILES string of the molecule is C=CCCCCCOc1ccc(Br)c(CNCC)c1. The molecule has 1 aromatic carbocycles. The van der Waals surface area contributed by atoms with Crippen LogP contribution < -0.4 is 10.1 Å². The molecule has 0 heterocycles. The molecule has 0 fully saturated rings. The lowest BCUT2D eigenvalue weighted by molar-refractivity contribution is 0.305. The molecular weight excluding hydrogens is 302 g/mol. The molecule has 0 bridgehead atoms. The molecule has 0 atom stereocenters. The van der Waals surface area contributed by atoms with E-state index in [4.69, 9.17) is 4.74 Å². The number of benzene rings is 1. The molecule has 0 aromatic heterocycles. The smallest absolute Gasteiger partial charge is 0.119 e. The molecule has 19 heavy (non-hydrogen) atoms. The molecule has 0 aliphatic heterocycles. The maximum atomic E-state index is 5.79. The van der Waals surface area contributed by atoms with Crippen LogP contribution in [0.25, 0.3) is 0 Å². The highest BCUT2D eigenvalue weighted by Crippen LogP contribution is 2.22. The molecule has 0 radical (unpaired) electrons. The van der Waals surface area contributed by atoms with Gasteiger partial charge in [-0.25, -0.2) is 0 Å². The summed E-state index contributed by atoms with van der Waals surface area (Å²) in [6.07, 6.45) is 6.59. The van der Waals surface area contributed by atoms with Crippen molar-refractivity contribution in [1.29, 1.82) is 0 Å². The number of nitrogens with one attached hydrogen (secondary N) is 1. The highest BCUT2D eigenvalue weighted by Gasteiger charge is 2.02. The lowest BCUT2D eigenvalue weighted by Crippen LogP contribution is -2.12. The Hall–Kier alpha value is -0.800. The number of hydrogen-bond donors (Lipinski definition) is 1. The zero-order valence-electron chi connectivity index (χ0n) is 11.8. The Balaban J connectivity index is 2.34. The Bertz CT molecular complexity index is 379. The Morgan fingerprint density at radius 2 is 2.16 bits per heavy atom. The van der Waals surface area contributed by atoms with Crippen molar-refractivity contribution in [3.8, 4) is 5.75 Å². The molecule has 2 nitrogen and oxygen atoms in total. The van der Waals surface area contributed by atoms with Crippen molar-refractivity contribution >= 4 is 15.9 Å². The maximum Gasteiger partial charge on any atom is 0.119 e. The van der Waals surface area contributed by atoms with Crippen molar-refractivity contribution < 1.29 is 4.74 Å². The van der Waals surface area contributed by atoms with Crippen LogP contribution >= 0.6 is 15.9 Å². The van der Waals surface area contributed by atoms with Gasteiger partial charge in [0.05, 0.1) is 6.61 Å². The first-order valence-corrected chi connectivity index (χ1v) is 7.80. The van der Waals surface area contributed by atoms with Gasteiger partial charge in [-0.05, 0) is 56.0 Å². The summed E-state index contributed by atoms with van der Waals surface area (Å²) in [6.45, 7) is 8.47. The molecule has 3 heteroatoms. The quantitative estimate of drug-likeness (QED) is 0.498. The Labute approximate surface area is 125 Å². The first kappa shape index (κ1) is 16.3. The van der Waals surface area contributed by atoms with E-state index in [0.717, 1.165) is 42.8 Å². The van der Waals surface area contributed by atoms with Gasteiger partial charge < -0.3 is 10.1 Å². The largest absolute Gasteiger partial charge is 0.494 e. The molecular formula is C16H24BrNO. The van der Waals surface area contributed by atoms with Crippen LogP contribution in [0.4, 0.5) is 0 Å². The average Bonchev–Trinajstić information content (AvgIpc) is 2.43. The predicted octanol–water partition coefficient (Wildman–Crippen LogP) is 4.68. The van der Waals surface area contributed by atoms with E-state index in [1.165, 1.54) is 18.4 Å². The van der Waals surface area contributed by atoms with E-state index >= 15 is 0 Å². The van der Waals surface area contributed by atoms with Crippen molar-refractivity contribution in [2.75, 3.05) is 13.2 Å². The molecule has 106 valence electrons. The van der Waals surface area contributed by atoms with E-state index in [1.807, 2.05) is 12.1 Å². The third-order valence-corrected chi connectivity index (χ3v) is 3.68. The zero-order valence-corrected chi connectivity index (χ0v) is 13.3. The van der Waals surface area contributed by atoms with Gasteiger partial charge in [-0.15, -0.1) is 6.58 Å². The summed E-state index contributed by atoms with van der Waals surface area (Å²) in [7, 11) is 0. The summed E-state index contributed by atoms with van der Waals surface area (Å²) >= 11 is 3.57. The van der Waals surface area contributed by atoms with Crippen molar-refractivity contribution in [2.24, 2.45) is 0 Å². The molecule has 1 N–H and O–H groups in total. The van der Waals surface area contributed by atoms with Gasteiger partial charge in [0.1, 0.15) is 5.75 Å². The second-order valence-electron chi connectivity index (χ2n) is 4.52. The lowest BCUT2D eigenvalue weighted by atomic mass is 10.2. The van der Waals surface area contributed by atoms with Gasteiger partial charge in [0, 0.05) is 11.0 Å². The van der Waals surface area contributed by atoms with Crippen molar-refractivity contribution in [2.45, 2.75) is 39.2 Å². The van der Waals surface area contributed by atoms with Crippen molar-refractivity contribution in [1.82, 2.24) is 5.32 Å². The van der Waals surface area contributed by atoms with E-state index in [1.54, 1.807) is 0 Å². The number of rotatable bonds is 10. The summed E-state index contributed by atoms with van der Waals surface area (Å²) < 4.78 is 6.92. The predicted molar refractivity (Wildman–Crippen MR) is 85.7 cm³/mol. The Morgan fingerprint density at radius 1 is 1.32 bits per heavy atom. The zero-order chi connectivity index (χ0) is 13.9. The summed E-state index contributed by atoms with van der Waals surface area (Å²) in [6, 6.07) is 6.18. The monoisotopic (exact) mass is 325 g/mol. The maximum absolute atomic E-state index is 5.79. The third-order valence-electron chi connectivity index (χ3n) is 2.90. The van der Waals surface area contributed by atoms with Gasteiger partial charge in [-0.1, -0.05) is 28.9 Å². The number of allylic oxidation sites excluding steroid dienone is 1. The topological polar surface area (TPSA) is 21.3 Å². The first-order valence-electron chi connectivity index (χ1n) is 7.00. The minimum Gasteiger partial charge on any atom is -0.494 e. The average molecular weight is 326 g/mol. The van der Waals surface area contributed by atoms with Gasteiger partial charge in [0.2, 0.25) is 0 Å². The summed E-state index contributed by atoms with van der Waals surface area (Å²) in [5.74, 6) is 0.958. The fraction of sp³-hybridized carbons (Fsp3) is 0.500. The van der Waals surface area contributed by atoms with Crippen LogP contribution in [0, 0.1) is 0 Å². The van der Waals surface area contributed by atoms with Crippen molar-refractivity contribution in [3.63, 3.8) is 0 Å². The van der Waals surface area contributed by atoms with Crippen LogP contribution in [-0.2, 0) is 6.54 Å². The number of unbranched alkanes of at least 4 members (excludes halogenated alkanes) is 3. The fourth-order valence-corrected chi connectivity index (χ4v) is 2.18. The molecule has 0 spiro atoms. The molecule has 1 rings (SSSR count). The molecule has 0 aliphatic carbocycles. The summed E-state index contributed by atoms with van der Waals surface area (Å²) in [5, 5.41) is 3.33. The lowest BCUT2D eigenvalue weighted by Gasteiger charge is -2.10. The Kier molecular flexibility index (Phi) is 8.59. The van der Waals surface area contributed by atoms with E-state index < -0.39 is 0 Å². The highest BCUT2D eigenvalue weighted by molar-refractivity contribution is 9.10. The molecule has 0 saturated heterocycles. The fourth-order valence-electron chi connectivity index (χ4n) is 1.79. The first-order chi connectivity index (χ1) is 9.27. The van der Waals surface area contributed by atoms with Crippen molar-refractivity contribution in [3.05, 3.63) is 40.9 Å². The number of ether oxygens (including phenoxy) is 1. The molecule has 0 aliphatic rings. The van der Waals surface area contributed by atoms with Crippen LogP contribution in [0.3, 0.4) is 0 Å². The Morgan fingerprint density at radius 3 is 2.89 bits per heavy atom. The standard InChI is InChI=1S/C16H24BrNO/c1-3-5-6-7-8-11-19-15-9-10-16(17)14(12-15)13-18-4-2/h3,9-10,12,18H,1,4-8,11,13H2,2H3. The van der Waals surface area contributed by atoms with Gasteiger partial charge in [-0.2, -0.15) is 0 Å². The molecule has 0 saturated carbocycles. The summed E-state index contributed by atoms with van der Waals surface area (Å²) in [5.41, 5.74) is 1.24. The second kappa shape index (κ2) is 10.0. The molecule has 0 unspecified atom stereocenters. The van der Waals surface area contributed by atoms with Crippen LogP contribution in [0.2, 0.25) is 0 Å². The van der Waals surface area contributed by atoms with Crippen LogP contribution in [-0.4, -0.2) is 13.2 Å². The van der Waals surface area contributed by atoms with Crippen LogP contribution in [0.15, 0.2) is 35.3 Å². The van der Waals surface area contributed by atoms with Gasteiger partial charge in [-0.3, -0.25) is 0 Å². The minimum atomic E-state index is 0.791. The van der Waals surface area contributed by atoms with E-state index in [0.29, 0.717) is 0 Å². The highest BCUT2D eigenvalue weighted by atomic mass is 79.9. The van der Waals surface area contributed by atoms with Crippen LogP contribution in [0.1, 0.15) is 38.2 Å². The van der Waals surface area contributed by atoms with E-state index in [9.17, 15) is 0 Å². The summed E-state index contributed by atoms with van der Waals surface area (Å²) in [4.78, 5) is 0. The minimum absolute atomic E-state index is 0.791. The molecule has 0 amide bonds. The van der Waals surface area contributed by atoms with Crippen LogP contribution in [0.5, 0.6) is 5.75 Å². The number of halogens is 1. The van der Waals surface area contributed by atoms with Gasteiger partial charge >= 0.3 is 0 Å². The van der Waals surface area contributed by atoms with E-state index in [2.05, 4.69) is 46.9 Å². The van der Waals surface area contributed by atoms with E-state index in [-0.39, 0.29) is 0 Å².